The van der Waals surface area contributed by atoms with Crippen LogP contribution in [0.3, 0.4) is 0 Å². The maximum absolute atomic E-state index is 11.3. The van der Waals surface area contributed by atoms with Crippen LogP contribution < -0.4 is 5.32 Å². The Morgan fingerprint density at radius 1 is 1.53 bits per heavy atom. The lowest BCUT2D eigenvalue weighted by molar-refractivity contribution is -0.137. The number of aromatic nitrogens is 1. The molecule has 1 amide bonds. The van der Waals surface area contributed by atoms with Crippen LogP contribution >= 0.6 is 0 Å². The molecule has 15 heavy (non-hydrogen) atoms. The molecule has 0 bridgehead atoms. The lowest BCUT2D eigenvalue weighted by Gasteiger charge is -2.04. The van der Waals surface area contributed by atoms with Gasteiger partial charge in [0.1, 0.15) is 6.54 Å². The SMILES string of the molecule is Cc1cccnc1CC(=O)NCC(=O)O. The lowest BCUT2D eigenvalue weighted by Crippen LogP contribution is -2.30. The third-order valence-corrected chi connectivity index (χ3v) is 1.88. The molecule has 1 aromatic rings. The molecule has 0 aliphatic heterocycles. The van der Waals surface area contributed by atoms with Gasteiger partial charge in [-0.25, -0.2) is 0 Å². The molecular formula is C10H12N2O3. The van der Waals surface area contributed by atoms with E-state index >= 15 is 0 Å². The van der Waals surface area contributed by atoms with Crippen molar-refractivity contribution in [2.45, 2.75) is 13.3 Å². The number of nitrogens with zero attached hydrogens (tertiary/aromatic N) is 1. The highest BCUT2D eigenvalue weighted by Crippen LogP contribution is 2.03. The highest BCUT2D eigenvalue weighted by Gasteiger charge is 2.07. The molecular weight excluding hydrogens is 196 g/mol. The van der Waals surface area contributed by atoms with E-state index in [1.165, 1.54) is 0 Å². The van der Waals surface area contributed by atoms with E-state index in [4.69, 9.17) is 5.11 Å². The molecule has 0 aliphatic carbocycles. The lowest BCUT2D eigenvalue weighted by atomic mass is 10.1. The number of hydrogen-bond donors (Lipinski definition) is 2. The smallest absolute Gasteiger partial charge is 0.322 e. The summed E-state index contributed by atoms with van der Waals surface area (Å²) in [5.41, 5.74) is 1.59. The topological polar surface area (TPSA) is 79.3 Å². The Hall–Kier alpha value is -1.91. The molecule has 0 aliphatic rings. The van der Waals surface area contributed by atoms with Crippen molar-refractivity contribution in [1.29, 1.82) is 0 Å². The fraction of sp³-hybridized carbons (Fsp3) is 0.300. The zero-order valence-corrected chi connectivity index (χ0v) is 8.36. The Balaban J connectivity index is 2.52. The maximum atomic E-state index is 11.3. The number of carboxylic acid groups (broad SMARTS) is 1. The Labute approximate surface area is 87.1 Å². The van der Waals surface area contributed by atoms with Crippen molar-refractivity contribution in [2.24, 2.45) is 0 Å². The van der Waals surface area contributed by atoms with Gasteiger partial charge < -0.3 is 10.4 Å². The summed E-state index contributed by atoms with van der Waals surface area (Å²) in [6, 6.07) is 3.64. The number of aryl methyl sites for hydroxylation is 1. The molecule has 0 saturated carbocycles. The number of nitrogens with one attached hydrogen (secondary N) is 1. The monoisotopic (exact) mass is 208 g/mol. The van der Waals surface area contributed by atoms with Crippen molar-refractivity contribution in [1.82, 2.24) is 10.3 Å². The first-order valence-corrected chi connectivity index (χ1v) is 4.48. The fourth-order valence-electron chi connectivity index (χ4n) is 1.09. The predicted octanol–water partition coefficient (Wildman–Crippen LogP) is 0.133. The number of amides is 1. The number of hydrogen-bond acceptors (Lipinski definition) is 3. The van der Waals surface area contributed by atoms with E-state index in [1.807, 2.05) is 13.0 Å². The van der Waals surface area contributed by atoms with Crippen molar-refractivity contribution < 1.29 is 14.7 Å². The Kier molecular flexibility index (Phi) is 3.79. The zero-order valence-electron chi connectivity index (χ0n) is 8.36. The molecule has 2 N–H and O–H groups in total. The van der Waals surface area contributed by atoms with Gasteiger partial charge in [0.25, 0.3) is 0 Å². The van der Waals surface area contributed by atoms with Crippen LogP contribution in [0, 0.1) is 6.92 Å². The first-order valence-electron chi connectivity index (χ1n) is 4.48. The third-order valence-electron chi connectivity index (χ3n) is 1.88. The third kappa shape index (κ3) is 3.76. The Morgan fingerprint density at radius 2 is 2.27 bits per heavy atom. The highest BCUT2D eigenvalue weighted by molar-refractivity contribution is 5.82. The van der Waals surface area contributed by atoms with Gasteiger partial charge in [-0.15, -0.1) is 0 Å². The number of carbonyl (C=O) groups excluding carboxylic acids is 1. The molecule has 1 rings (SSSR count). The van der Waals surface area contributed by atoms with E-state index in [0.29, 0.717) is 5.69 Å². The van der Waals surface area contributed by atoms with Crippen molar-refractivity contribution >= 4 is 11.9 Å². The molecule has 5 heteroatoms. The van der Waals surface area contributed by atoms with Gasteiger partial charge in [0.05, 0.1) is 12.1 Å². The summed E-state index contributed by atoms with van der Waals surface area (Å²) < 4.78 is 0. The summed E-state index contributed by atoms with van der Waals surface area (Å²) in [6.07, 6.45) is 1.72. The number of carboxylic acids is 1. The van der Waals surface area contributed by atoms with Crippen molar-refractivity contribution in [3.05, 3.63) is 29.6 Å². The van der Waals surface area contributed by atoms with E-state index in [2.05, 4.69) is 10.3 Å². The summed E-state index contributed by atoms with van der Waals surface area (Å²) in [5, 5.41) is 10.6. The summed E-state index contributed by atoms with van der Waals surface area (Å²) in [4.78, 5) is 25.5. The van der Waals surface area contributed by atoms with Gasteiger partial charge in [-0.1, -0.05) is 6.07 Å². The fourth-order valence-corrected chi connectivity index (χ4v) is 1.09. The number of rotatable bonds is 4. The number of pyridine rings is 1. The van der Waals surface area contributed by atoms with E-state index in [9.17, 15) is 9.59 Å². The summed E-state index contributed by atoms with van der Waals surface area (Å²) in [7, 11) is 0. The zero-order chi connectivity index (χ0) is 11.3. The minimum absolute atomic E-state index is 0.111. The van der Waals surface area contributed by atoms with Gasteiger partial charge >= 0.3 is 5.97 Å². The average molecular weight is 208 g/mol. The normalized spacial score (nSPS) is 9.67. The Bertz CT molecular complexity index is 377. The number of aliphatic carboxylic acids is 1. The minimum Gasteiger partial charge on any atom is -0.480 e. The first kappa shape index (κ1) is 11.2. The van der Waals surface area contributed by atoms with Crippen LogP contribution in [-0.4, -0.2) is 28.5 Å². The second-order valence-corrected chi connectivity index (χ2v) is 3.11. The van der Waals surface area contributed by atoms with E-state index in [1.54, 1.807) is 12.3 Å². The second kappa shape index (κ2) is 5.09. The van der Waals surface area contributed by atoms with Gasteiger partial charge in [0.2, 0.25) is 5.91 Å². The molecule has 0 radical (unpaired) electrons. The first-order chi connectivity index (χ1) is 7.09. The minimum atomic E-state index is -1.05. The molecule has 80 valence electrons. The van der Waals surface area contributed by atoms with Crippen molar-refractivity contribution in [3.63, 3.8) is 0 Å². The molecule has 0 fully saturated rings. The largest absolute Gasteiger partial charge is 0.480 e. The number of carbonyl (C=O) groups is 2. The van der Waals surface area contributed by atoms with Gasteiger partial charge in [-0.3, -0.25) is 14.6 Å². The molecule has 0 aromatic carbocycles. The second-order valence-electron chi connectivity index (χ2n) is 3.11. The average Bonchev–Trinajstić information content (AvgIpc) is 2.18. The van der Waals surface area contributed by atoms with Gasteiger partial charge in [0.15, 0.2) is 0 Å². The highest BCUT2D eigenvalue weighted by atomic mass is 16.4. The Morgan fingerprint density at radius 3 is 2.87 bits per heavy atom. The van der Waals surface area contributed by atoms with E-state index in [0.717, 1.165) is 5.56 Å². The van der Waals surface area contributed by atoms with Gasteiger partial charge in [-0.2, -0.15) is 0 Å². The maximum Gasteiger partial charge on any atom is 0.322 e. The van der Waals surface area contributed by atoms with Crippen LogP contribution in [0.15, 0.2) is 18.3 Å². The van der Waals surface area contributed by atoms with Crippen LogP contribution in [0.1, 0.15) is 11.3 Å². The van der Waals surface area contributed by atoms with Crippen molar-refractivity contribution in [2.75, 3.05) is 6.54 Å². The van der Waals surface area contributed by atoms with Crippen molar-refractivity contribution in [3.8, 4) is 0 Å². The molecule has 0 unspecified atom stereocenters. The van der Waals surface area contributed by atoms with Gasteiger partial charge in [0, 0.05) is 6.20 Å². The van der Waals surface area contributed by atoms with E-state index in [-0.39, 0.29) is 18.9 Å². The quantitative estimate of drug-likeness (QED) is 0.737. The molecule has 0 saturated heterocycles. The van der Waals surface area contributed by atoms with Crippen LogP contribution in [0.5, 0.6) is 0 Å². The standard InChI is InChI=1S/C10H12N2O3/c1-7-3-2-4-11-8(7)5-9(13)12-6-10(14)15/h2-4H,5-6H2,1H3,(H,12,13)(H,14,15). The van der Waals surface area contributed by atoms with Crippen LogP contribution in [0.4, 0.5) is 0 Å². The van der Waals surface area contributed by atoms with E-state index < -0.39 is 5.97 Å². The summed E-state index contributed by atoms with van der Waals surface area (Å²) in [6.45, 7) is 1.50. The molecule has 0 spiro atoms. The van der Waals surface area contributed by atoms with Crippen LogP contribution in [0.2, 0.25) is 0 Å². The van der Waals surface area contributed by atoms with Crippen LogP contribution in [-0.2, 0) is 16.0 Å². The van der Waals surface area contributed by atoms with Crippen LogP contribution in [0.25, 0.3) is 0 Å². The molecule has 1 heterocycles. The predicted molar refractivity (Wildman–Crippen MR) is 53.3 cm³/mol. The molecule has 1 aromatic heterocycles. The molecule has 5 nitrogen and oxygen atoms in total. The summed E-state index contributed by atoms with van der Waals surface area (Å²) >= 11 is 0. The molecule has 0 atom stereocenters. The van der Waals surface area contributed by atoms with Gasteiger partial charge in [-0.05, 0) is 18.6 Å². The summed E-state index contributed by atoms with van der Waals surface area (Å²) in [5.74, 6) is -1.39.